The Morgan fingerprint density at radius 1 is 1.16 bits per heavy atom. The summed E-state index contributed by atoms with van der Waals surface area (Å²) >= 11 is 3.07. The number of nitrogens with zero attached hydrogens (tertiary/aromatic N) is 3. The number of thiophene rings is 1. The van der Waals surface area contributed by atoms with Crippen LogP contribution in [0.2, 0.25) is 0 Å². The van der Waals surface area contributed by atoms with Gasteiger partial charge in [-0.05, 0) is 51.3 Å². The molecule has 160 valence electrons. The summed E-state index contributed by atoms with van der Waals surface area (Å²) in [4.78, 5) is 40.6. The number of rotatable bonds is 4. The molecule has 3 heterocycles. The van der Waals surface area contributed by atoms with Crippen LogP contribution in [0.4, 0.5) is 0 Å². The van der Waals surface area contributed by atoms with Gasteiger partial charge < -0.3 is 4.98 Å². The third-order valence-corrected chi connectivity index (χ3v) is 8.37. The topological polar surface area (TPSA) is 80.6 Å². The van der Waals surface area contributed by atoms with Crippen molar-refractivity contribution in [2.75, 3.05) is 0 Å². The molecule has 31 heavy (non-hydrogen) atoms. The summed E-state index contributed by atoms with van der Waals surface area (Å²) in [6.07, 6.45) is 4.27. The van der Waals surface area contributed by atoms with Crippen molar-refractivity contribution >= 4 is 44.2 Å². The van der Waals surface area contributed by atoms with Gasteiger partial charge in [0.15, 0.2) is 5.16 Å². The first-order valence-electron chi connectivity index (χ1n) is 10.6. The molecule has 5 rings (SSSR count). The molecule has 0 amide bonds. The largest absolute Gasteiger partial charge is 0.309 e. The Labute approximate surface area is 187 Å². The molecule has 1 atom stereocenters. The van der Waals surface area contributed by atoms with Gasteiger partial charge in [0.25, 0.3) is 11.1 Å². The summed E-state index contributed by atoms with van der Waals surface area (Å²) in [7, 11) is 0. The molecule has 0 spiro atoms. The highest BCUT2D eigenvalue weighted by Crippen LogP contribution is 2.38. The van der Waals surface area contributed by atoms with Crippen molar-refractivity contribution in [1.29, 1.82) is 0 Å². The predicted octanol–water partition coefficient (Wildman–Crippen LogP) is 5.28. The van der Waals surface area contributed by atoms with Crippen molar-refractivity contribution in [2.45, 2.75) is 62.9 Å². The number of hydrogen-bond donors (Lipinski definition) is 1. The maximum atomic E-state index is 13.6. The van der Waals surface area contributed by atoms with Gasteiger partial charge in [-0.15, -0.1) is 11.3 Å². The molecule has 1 unspecified atom stereocenters. The molecule has 0 saturated heterocycles. The molecule has 1 N–H and O–H groups in total. The van der Waals surface area contributed by atoms with Crippen LogP contribution < -0.4 is 11.1 Å². The fraction of sp³-hybridized carbons (Fsp3) is 0.391. The fourth-order valence-electron chi connectivity index (χ4n) is 4.37. The fourth-order valence-corrected chi connectivity index (χ4v) is 6.47. The summed E-state index contributed by atoms with van der Waals surface area (Å²) in [6, 6.07) is 7.52. The van der Waals surface area contributed by atoms with E-state index in [1.54, 1.807) is 17.4 Å². The van der Waals surface area contributed by atoms with E-state index >= 15 is 0 Å². The van der Waals surface area contributed by atoms with Gasteiger partial charge in [0, 0.05) is 10.9 Å². The van der Waals surface area contributed by atoms with Gasteiger partial charge in [-0.2, -0.15) is 0 Å². The van der Waals surface area contributed by atoms with Gasteiger partial charge in [-0.3, -0.25) is 14.2 Å². The Morgan fingerprint density at radius 3 is 2.68 bits per heavy atom. The molecular formula is C23H24N4O2S2. The van der Waals surface area contributed by atoms with Crippen molar-refractivity contribution in [1.82, 2.24) is 19.5 Å². The molecule has 1 fully saturated rings. The highest BCUT2D eigenvalue weighted by molar-refractivity contribution is 7.99. The smallest absolute Gasteiger partial charge is 0.263 e. The maximum Gasteiger partial charge on any atom is 0.263 e. The second kappa shape index (κ2) is 7.91. The number of hydrogen-bond acceptors (Lipinski definition) is 6. The monoisotopic (exact) mass is 452 g/mol. The van der Waals surface area contributed by atoms with Crippen LogP contribution >= 0.6 is 23.1 Å². The number of fused-ring (bicyclic) bond motifs is 2. The van der Waals surface area contributed by atoms with E-state index in [0.717, 1.165) is 46.3 Å². The number of thioether (sulfide) groups is 1. The Kier molecular flexibility index (Phi) is 5.22. The molecule has 8 heteroatoms. The van der Waals surface area contributed by atoms with E-state index in [1.165, 1.54) is 11.8 Å². The third kappa shape index (κ3) is 3.51. The van der Waals surface area contributed by atoms with Crippen molar-refractivity contribution in [3.05, 3.63) is 61.2 Å². The van der Waals surface area contributed by atoms with E-state index in [4.69, 9.17) is 4.98 Å². The molecule has 3 aromatic heterocycles. The van der Waals surface area contributed by atoms with E-state index in [2.05, 4.69) is 9.97 Å². The number of aromatic amines is 1. The average molecular weight is 453 g/mol. The molecule has 1 aliphatic carbocycles. The first-order chi connectivity index (χ1) is 14.9. The molecule has 1 saturated carbocycles. The molecule has 4 aromatic rings. The lowest BCUT2D eigenvalue weighted by Crippen LogP contribution is -2.26. The minimum atomic E-state index is -0.156. The molecule has 6 nitrogen and oxygen atoms in total. The highest BCUT2D eigenvalue weighted by Gasteiger charge is 2.26. The summed E-state index contributed by atoms with van der Waals surface area (Å²) in [5.41, 5.74) is 1.63. The lowest BCUT2D eigenvalue weighted by atomic mass is 10.2. The zero-order chi connectivity index (χ0) is 21.7. The van der Waals surface area contributed by atoms with Gasteiger partial charge in [-0.25, -0.2) is 9.97 Å². The summed E-state index contributed by atoms with van der Waals surface area (Å²) in [5.74, 6) is 0.597. The van der Waals surface area contributed by atoms with E-state index in [9.17, 15) is 9.59 Å². The minimum Gasteiger partial charge on any atom is -0.309 e. The number of nitrogens with one attached hydrogen (secondary N) is 1. The minimum absolute atomic E-state index is 0.0633. The maximum absolute atomic E-state index is 13.6. The van der Waals surface area contributed by atoms with Crippen LogP contribution in [0, 0.1) is 13.8 Å². The number of benzene rings is 1. The van der Waals surface area contributed by atoms with Crippen molar-refractivity contribution in [3.63, 3.8) is 0 Å². The van der Waals surface area contributed by atoms with E-state index in [0.29, 0.717) is 21.9 Å². The highest BCUT2D eigenvalue weighted by atomic mass is 32.2. The van der Waals surface area contributed by atoms with E-state index < -0.39 is 0 Å². The Morgan fingerprint density at radius 2 is 1.90 bits per heavy atom. The second-order valence-corrected chi connectivity index (χ2v) is 10.7. The van der Waals surface area contributed by atoms with Crippen molar-refractivity contribution in [3.8, 4) is 0 Å². The van der Waals surface area contributed by atoms with Gasteiger partial charge in [0.2, 0.25) is 0 Å². The van der Waals surface area contributed by atoms with Crippen LogP contribution in [0.15, 0.2) is 39.0 Å². The SMILES string of the molecule is Cc1sc2nc(SC(C)c3nc4ccccc4c(=O)[nH]3)n(C3CCCC3)c(=O)c2c1C. The quantitative estimate of drug-likeness (QED) is 0.337. The van der Waals surface area contributed by atoms with Crippen LogP contribution in [0.1, 0.15) is 60.2 Å². The van der Waals surface area contributed by atoms with E-state index in [1.807, 2.05) is 43.5 Å². The van der Waals surface area contributed by atoms with Gasteiger partial charge >= 0.3 is 0 Å². The molecule has 0 radical (unpaired) electrons. The normalized spacial score (nSPS) is 15.8. The number of aryl methyl sites for hydroxylation is 2. The molecule has 1 aromatic carbocycles. The Balaban J connectivity index is 1.62. The molecular weight excluding hydrogens is 428 g/mol. The Hall–Kier alpha value is -2.45. The molecule has 0 bridgehead atoms. The summed E-state index contributed by atoms with van der Waals surface area (Å²) in [5, 5.41) is 1.89. The van der Waals surface area contributed by atoms with E-state index in [-0.39, 0.29) is 22.4 Å². The van der Waals surface area contributed by atoms with Crippen LogP contribution in [0.25, 0.3) is 21.1 Å². The van der Waals surface area contributed by atoms with Crippen LogP contribution in [-0.4, -0.2) is 19.5 Å². The standard InChI is InChI=1S/C23H24N4O2S2/c1-12-13(2)30-21-18(12)22(29)27(15-8-4-5-9-15)23(26-21)31-14(3)19-24-17-11-7-6-10-16(17)20(28)25-19/h6-7,10-11,14-15H,4-5,8-9H2,1-3H3,(H,24,25,28). The molecule has 0 aliphatic heterocycles. The van der Waals surface area contributed by atoms with Crippen molar-refractivity contribution < 1.29 is 0 Å². The predicted molar refractivity (Wildman–Crippen MR) is 127 cm³/mol. The number of aromatic nitrogens is 4. The first kappa shape index (κ1) is 20.5. The van der Waals surface area contributed by atoms with Crippen LogP contribution in [0.5, 0.6) is 0 Å². The van der Waals surface area contributed by atoms with Crippen LogP contribution in [0.3, 0.4) is 0 Å². The van der Waals surface area contributed by atoms with Gasteiger partial charge in [0.05, 0.1) is 21.5 Å². The average Bonchev–Trinajstić information content (AvgIpc) is 3.36. The number of para-hydroxylation sites is 1. The zero-order valence-electron chi connectivity index (χ0n) is 17.8. The Bertz CT molecular complexity index is 1410. The first-order valence-corrected chi connectivity index (χ1v) is 12.3. The van der Waals surface area contributed by atoms with Crippen molar-refractivity contribution in [2.24, 2.45) is 0 Å². The lowest BCUT2D eigenvalue weighted by Gasteiger charge is -2.20. The zero-order valence-corrected chi connectivity index (χ0v) is 19.4. The number of H-pyrrole nitrogens is 1. The summed E-state index contributed by atoms with van der Waals surface area (Å²) < 4.78 is 1.91. The van der Waals surface area contributed by atoms with Gasteiger partial charge in [0.1, 0.15) is 10.7 Å². The van der Waals surface area contributed by atoms with Gasteiger partial charge in [-0.1, -0.05) is 36.7 Å². The summed E-state index contributed by atoms with van der Waals surface area (Å²) in [6.45, 7) is 6.05. The van der Waals surface area contributed by atoms with Crippen LogP contribution in [-0.2, 0) is 0 Å². The third-order valence-electron chi connectivity index (χ3n) is 6.19. The second-order valence-electron chi connectivity index (χ2n) is 8.20. The lowest BCUT2D eigenvalue weighted by molar-refractivity contribution is 0.457. The molecule has 1 aliphatic rings.